The van der Waals surface area contributed by atoms with Gasteiger partial charge >= 0.3 is 0 Å². The summed E-state index contributed by atoms with van der Waals surface area (Å²) in [6, 6.07) is 5.84. The van der Waals surface area contributed by atoms with Crippen molar-refractivity contribution in [2.24, 2.45) is 11.7 Å². The maximum absolute atomic E-state index is 12.0. The number of aryl methyl sites for hydroxylation is 1. The molecule has 2 atom stereocenters. The minimum absolute atomic E-state index is 0. The maximum atomic E-state index is 12.0. The van der Waals surface area contributed by atoms with Gasteiger partial charge in [-0.1, -0.05) is 6.07 Å². The van der Waals surface area contributed by atoms with Gasteiger partial charge in [0.1, 0.15) is 5.75 Å². The quantitative estimate of drug-likeness (QED) is 0.801. The lowest BCUT2D eigenvalue weighted by molar-refractivity contribution is -0.127. The zero-order valence-electron chi connectivity index (χ0n) is 12.3. The number of rotatable bonds is 6. The first kappa shape index (κ1) is 18.3. The van der Waals surface area contributed by atoms with Crippen molar-refractivity contribution in [3.05, 3.63) is 28.2 Å². The largest absolute Gasteiger partial charge is 0.480 e. The summed E-state index contributed by atoms with van der Waals surface area (Å²) in [6.45, 7) is 4.26. The van der Waals surface area contributed by atoms with E-state index in [-0.39, 0.29) is 24.4 Å². The van der Waals surface area contributed by atoms with E-state index in [1.165, 1.54) is 12.8 Å². The van der Waals surface area contributed by atoms with E-state index in [2.05, 4.69) is 21.2 Å². The van der Waals surface area contributed by atoms with E-state index in [0.29, 0.717) is 18.2 Å². The lowest BCUT2D eigenvalue weighted by atomic mass is 10.2. The van der Waals surface area contributed by atoms with Crippen LogP contribution < -0.4 is 15.8 Å². The zero-order chi connectivity index (χ0) is 14.7. The Labute approximate surface area is 140 Å². The van der Waals surface area contributed by atoms with Crippen LogP contribution in [-0.4, -0.2) is 24.6 Å². The molecule has 118 valence electrons. The second-order valence-corrected chi connectivity index (χ2v) is 6.29. The SMILES string of the molecule is Cc1ccc(OC(C)C(=O)NCC(N)C2CC2)c(Br)c1.Cl. The number of hydrogen-bond acceptors (Lipinski definition) is 3. The first-order valence-electron chi connectivity index (χ1n) is 6.93. The highest BCUT2D eigenvalue weighted by Gasteiger charge is 2.29. The molecule has 0 radical (unpaired) electrons. The van der Waals surface area contributed by atoms with Gasteiger partial charge in [-0.05, 0) is 66.2 Å². The minimum Gasteiger partial charge on any atom is -0.480 e. The molecule has 0 bridgehead atoms. The molecule has 0 spiro atoms. The third kappa shape index (κ3) is 5.49. The first-order valence-corrected chi connectivity index (χ1v) is 7.72. The summed E-state index contributed by atoms with van der Waals surface area (Å²) in [5.74, 6) is 1.12. The van der Waals surface area contributed by atoms with Gasteiger partial charge in [0.05, 0.1) is 4.47 Å². The summed E-state index contributed by atoms with van der Waals surface area (Å²) < 4.78 is 6.52. The van der Waals surface area contributed by atoms with E-state index in [4.69, 9.17) is 10.5 Å². The van der Waals surface area contributed by atoms with E-state index < -0.39 is 6.10 Å². The summed E-state index contributed by atoms with van der Waals surface area (Å²) in [4.78, 5) is 12.0. The molecule has 1 saturated carbocycles. The number of hydrogen-bond donors (Lipinski definition) is 2. The van der Waals surface area contributed by atoms with Gasteiger partial charge in [0.15, 0.2) is 6.10 Å². The second-order valence-electron chi connectivity index (χ2n) is 5.44. The number of nitrogens with one attached hydrogen (secondary N) is 1. The van der Waals surface area contributed by atoms with Gasteiger partial charge in [-0.15, -0.1) is 12.4 Å². The molecule has 1 amide bonds. The van der Waals surface area contributed by atoms with Crippen LogP contribution in [0, 0.1) is 12.8 Å². The monoisotopic (exact) mass is 376 g/mol. The van der Waals surface area contributed by atoms with Crippen LogP contribution in [-0.2, 0) is 4.79 Å². The molecule has 1 aliphatic rings. The average Bonchev–Trinajstić information content (AvgIpc) is 3.23. The molecule has 0 aliphatic heterocycles. The summed E-state index contributed by atoms with van der Waals surface area (Å²) in [6.07, 6.45) is 1.82. The number of amides is 1. The van der Waals surface area contributed by atoms with E-state index in [9.17, 15) is 4.79 Å². The summed E-state index contributed by atoms with van der Waals surface area (Å²) in [5, 5.41) is 2.85. The molecule has 2 rings (SSSR count). The van der Waals surface area contributed by atoms with Gasteiger partial charge in [-0.3, -0.25) is 4.79 Å². The number of benzene rings is 1. The number of carbonyl (C=O) groups excluding carboxylic acids is 1. The van der Waals surface area contributed by atoms with Gasteiger partial charge in [-0.25, -0.2) is 0 Å². The van der Waals surface area contributed by atoms with Gasteiger partial charge in [0.2, 0.25) is 0 Å². The van der Waals surface area contributed by atoms with Gasteiger partial charge in [0, 0.05) is 12.6 Å². The number of nitrogens with two attached hydrogens (primary N) is 1. The van der Waals surface area contributed by atoms with Crippen LogP contribution in [0.25, 0.3) is 0 Å². The summed E-state index contributed by atoms with van der Waals surface area (Å²) >= 11 is 3.44. The average molecular weight is 378 g/mol. The van der Waals surface area contributed by atoms with Crippen LogP contribution >= 0.6 is 28.3 Å². The van der Waals surface area contributed by atoms with Crippen molar-refractivity contribution in [1.82, 2.24) is 5.32 Å². The van der Waals surface area contributed by atoms with Crippen LogP contribution in [0.1, 0.15) is 25.3 Å². The fourth-order valence-electron chi connectivity index (χ4n) is 2.00. The highest BCUT2D eigenvalue weighted by molar-refractivity contribution is 9.10. The Balaban J connectivity index is 0.00000220. The van der Waals surface area contributed by atoms with Crippen LogP contribution in [0.4, 0.5) is 0 Å². The molecule has 0 aromatic heterocycles. The molecular weight excluding hydrogens is 356 g/mol. The van der Waals surface area contributed by atoms with Gasteiger partial charge in [0.25, 0.3) is 5.91 Å². The van der Waals surface area contributed by atoms with Crippen molar-refractivity contribution >= 4 is 34.2 Å². The van der Waals surface area contributed by atoms with Crippen molar-refractivity contribution in [3.8, 4) is 5.75 Å². The number of ether oxygens (including phenoxy) is 1. The topological polar surface area (TPSA) is 64.3 Å². The first-order chi connectivity index (χ1) is 9.47. The van der Waals surface area contributed by atoms with Gasteiger partial charge in [-0.2, -0.15) is 0 Å². The molecule has 1 aromatic rings. The molecule has 0 heterocycles. The van der Waals surface area contributed by atoms with Crippen LogP contribution in [0.2, 0.25) is 0 Å². The Kier molecular flexibility index (Phi) is 6.97. The zero-order valence-corrected chi connectivity index (χ0v) is 14.7. The van der Waals surface area contributed by atoms with E-state index in [1.807, 2.05) is 25.1 Å². The van der Waals surface area contributed by atoms with Gasteiger partial charge < -0.3 is 15.8 Å². The minimum atomic E-state index is -0.541. The molecule has 1 aromatic carbocycles. The molecule has 3 N–H and O–H groups in total. The van der Waals surface area contributed by atoms with Crippen molar-refractivity contribution in [2.45, 2.75) is 38.8 Å². The molecule has 2 unspecified atom stereocenters. The van der Waals surface area contributed by atoms with Crippen LogP contribution in [0.5, 0.6) is 5.75 Å². The molecule has 4 nitrogen and oxygen atoms in total. The Hall–Kier alpha value is -0.780. The van der Waals surface area contributed by atoms with E-state index in [1.54, 1.807) is 6.92 Å². The molecule has 6 heteroatoms. The van der Waals surface area contributed by atoms with Crippen LogP contribution in [0.15, 0.2) is 22.7 Å². The van der Waals surface area contributed by atoms with Crippen molar-refractivity contribution in [3.63, 3.8) is 0 Å². The molecule has 1 fully saturated rings. The molecular formula is C15H22BrClN2O2. The fraction of sp³-hybridized carbons (Fsp3) is 0.533. The Morgan fingerprint density at radius 2 is 2.19 bits per heavy atom. The van der Waals surface area contributed by atoms with E-state index >= 15 is 0 Å². The molecule has 21 heavy (non-hydrogen) atoms. The normalized spacial score (nSPS) is 16.6. The second kappa shape index (κ2) is 8.01. The van der Waals surface area contributed by atoms with Crippen LogP contribution in [0.3, 0.4) is 0 Å². The standard InChI is InChI=1S/C15H21BrN2O2.ClH/c1-9-3-6-14(12(16)7-9)20-10(2)15(19)18-8-13(17)11-4-5-11;/h3,6-7,10-11,13H,4-5,8,17H2,1-2H3,(H,18,19);1H. The smallest absolute Gasteiger partial charge is 0.260 e. The lowest BCUT2D eigenvalue weighted by Gasteiger charge is -2.17. The lowest BCUT2D eigenvalue weighted by Crippen LogP contribution is -2.43. The third-order valence-corrected chi connectivity index (χ3v) is 4.12. The fourth-order valence-corrected chi connectivity index (χ4v) is 2.59. The van der Waals surface area contributed by atoms with E-state index in [0.717, 1.165) is 10.0 Å². The van der Waals surface area contributed by atoms with Crippen molar-refractivity contribution in [1.29, 1.82) is 0 Å². The molecule has 1 aliphatic carbocycles. The highest BCUT2D eigenvalue weighted by atomic mass is 79.9. The number of carbonyl (C=O) groups is 1. The predicted octanol–water partition coefficient (Wildman–Crippen LogP) is 2.80. The highest BCUT2D eigenvalue weighted by Crippen LogP contribution is 2.31. The summed E-state index contributed by atoms with van der Waals surface area (Å²) in [7, 11) is 0. The Morgan fingerprint density at radius 3 is 2.76 bits per heavy atom. The third-order valence-electron chi connectivity index (χ3n) is 3.50. The predicted molar refractivity (Wildman–Crippen MR) is 89.9 cm³/mol. The Bertz CT molecular complexity index is 495. The summed E-state index contributed by atoms with van der Waals surface area (Å²) in [5.41, 5.74) is 7.09. The van der Waals surface area contributed by atoms with Crippen molar-refractivity contribution < 1.29 is 9.53 Å². The number of halogens is 2. The molecule has 0 saturated heterocycles. The van der Waals surface area contributed by atoms with Crippen molar-refractivity contribution in [2.75, 3.05) is 6.54 Å². The Morgan fingerprint density at radius 1 is 1.52 bits per heavy atom. The maximum Gasteiger partial charge on any atom is 0.260 e.